The molecule has 0 aromatic carbocycles. The third-order valence-corrected chi connectivity index (χ3v) is 4.51. The number of amides is 1. The zero-order valence-electron chi connectivity index (χ0n) is 14.5. The van der Waals surface area contributed by atoms with Crippen molar-refractivity contribution in [3.63, 3.8) is 0 Å². The highest BCUT2D eigenvalue weighted by Crippen LogP contribution is 2.19. The second-order valence-electron chi connectivity index (χ2n) is 6.62. The number of hydrogen-bond donors (Lipinski definition) is 2. The van der Waals surface area contributed by atoms with E-state index >= 15 is 0 Å². The second kappa shape index (κ2) is 7.73. The van der Waals surface area contributed by atoms with Gasteiger partial charge in [0.15, 0.2) is 0 Å². The molecule has 6 nitrogen and oxygen atoms in total. The summed E-state index contributed by atoms with van der Waals surface area (Å²) in [6.45, 7) is 7.73. The number of piperidine rings is 1. The predicted octanol–water partition coefficient (Wildman–Crippen LogP) is 1.64. The maximum Gasteiger partial charge on any atom is 0.240 e. The standard InChI is InChI=1S/C17H29N5O/c1-4-8-17(3,18)16(23)21-14-6-9-22(10-7-14)15-11-13(5-2)19-12-20-15/h11-12,14H,4-10,18H2,1-3H3,(H,21,23). The molecule has 1 aliphatic rings. The molecule has 1 aliphatic heterocycles. The summed E-state index contributed by atoms with van der Waals surface area (Å²) in [5.41, 5.74) is 6.39. The highest BCUT2D eigenvalue weighted by Gasteiger charge is 2.30. The van der Waals surface area contributed by atoms with Gasteiger partial charge < -0.3 is 16.0 Å². The van der Waals surface area contributed by atoms with Gasteiger partial charge in [0.1, 0.15) is 12.1 Å². The number of nitrogens with zero attached hydrogens (tertiary/aromatic N) is 3. The number of nitrogens with two attached hydrogens (primary N) is 1. The monoisotopic (exact) mass is 319 g/mol. The number of nitrogens with one attached hydrogen (secondary N) is 1. The minimum Gasteiger partial charge on any atom is -0.356 e. The van der Waals surface area contributed by atoms with Crippen LogP contribution < -0.4 is 16.0 Å². The topological polar surface area (TPSA) is 84.1 Å². The average Bonchev–Trinajstić information content (AvgIpc) is 2.55. The molecule has 1 aromatic heterocycles. The molecule has 23 heavy (non-hydrogen) atoms. The number of carbonyl (C=O) groups excluding carboxylic acids is 1. The Morgan fingerprint density at radius 3 is 2.70 bits per heavy atom. The van der Waals surface area contributed by atoms with Crippen LogP contribution in [-0.4, -0.2) is 40.5 Å². The molecular weight excluding hydrogens is 290 g/mol. The molecule has 1 fully saturated rings. The van der Waals surface area contributed by atoms with Crippen molar-refractivity contribution in [1.29, 1.82) is 0 Å². The molecule has 6 heteroatoms. The van der Waals surface area contributed by atoms with E-state index in [0.717, 1.165) is 50.3 Å². The normalized spacial score (nSPS) is 18.5. The minimum absolute atomic E-state index is 0.0342. The van der Waals surface area contributed by atoms with Crippen LogP contribution in [0, 0.1) is 0 Å². The van der Waals surface area contributed by atoms with E-state index in [1.807, 2.05) is 13.8 Å². The van der Waals surface area contributed by atoms with Crippen molar-refractivity contribution >= 4 is 11.7 Å². The lowest BCUT2D eigenvalue weighted by molar-refractivity contribution is -0.126. The van der Waals surface area contributed by atoms with Crippen molar-refractivity contribution in [3.05, 3.63) is 18.1 Å². The fourth-order valence-electron chi connectivity index (χ4n) is 2.99. The lowest BCUT2D eigenvalue weighted by atomic mass is 9.95. The summed E-state index contributed by atoms with van der Waals surface area (Å²) in [7, 11) is 0. The van der Waals surface area contributed by atoms with Gasteiger partial charge in [0.2, 0.25) is 5.91 Å². The largest absolute Gasteiger partial charge is 0.356 e. The molecule has 0 bridgehead atoms. The Hall–Kier alpha value is -1.69. The minimum atomic E-state index is -0.769. The molecule has 2 heterocycles. The van der Waals surface area contributed by atoms with Gasteiger partial charge in [-0.3, -0.25) is 4.79 Å². The number of carbonyl (C=O) groups is 1. The molecule has 1 atom stereocenters. The van der Waals surface area contributed by atoms with Crippen LogP contribution in [0.5, 0.6) is 0 Å². The summed E-state index contributed by atoms with van der Waals surface area (Å²) in [5, 5.41) is 3.12. The van der Waals surface area contributed by atoms with E-state index in [1.54, 1.807) is 6.33 Å². The average molecular weight is 319 g/mol. The van der Waals surface area contributed by atoms with Crippen molar-refractivity contribution in [3.8, 4) is 0 Å². The van der Waals surface area contributed by atoms with E-state index in [9.17, 15) is 4.79 Å². The number of hydrogen-bond acceptors (Lipinski definition) is 5. The smallest absolute Gasteiger partial charge is 0.240 e. The van der Waals surface area contributed by atoms with Gasteiger partial charge >= 0.3 is 0 Å². The predicted molar refractivity (Wildman–Crippen MR) is 92.3 cm³/mol. The lowest BCUT2D eigenvalue weighted by Gasteiger charge is -2.35. The van der Waals surface area contributed by atoms with Crippen LogP contribution in [-0.2, 0) is 11.2 Å². The molecular formula is C17H29N5O. The molecule has 0 spiro atoms. The van der Waals surface area contributed by atoms with Crippen molar-refractivity contribution < 1.29 is 4.79 Å². The number of rotatable bonds is 6. The Balaban J connectivity index is 1.87. The van der Waals surface area contributed by atoms with Gasteiger partial charge in [-0.15, -0.1) is 0 Å². The molecule has 2 rings (SSSR count). The van der Waals surface area contributed by atoms with Crippen LogP contribution in [0.3, 0.4) is 0 Å². The van der Waals surface area contributed by atoms with Crippen LogP contribution in [0.25, 0.3) is 0 Å². The zero-order chi connectivity index (χ0) is 16.9. The Bertz CT molecular complexity index is 523. The van der Waals surface area contributed by atoms with E-state index in [0.29, 0.717) is 6.42 Å². The third-order valence-electron chi connectivity index (χ3n) is 4.51. The Morgan fingerprint density at radius 1 is 1.39 bits per heavy atom. The fraction of sp³-hybridized carbons (Fsp3) is 0.706. The van der Waals surface area contributed by atoms with Crippen molar-refractivity contribution in [2.24, 2.45) is 5.73 Å². The maximum absolute atomic E-state index is 12.3. The van der Waals surface area contributed by atoms with Crippen molar-refractivity contribution in [2.75, 3.05) is 18.0 Å². The molecule has 0 aliphatic carbocycles. The van der Waals surface area contributed by atoms with Gasteiger partial charge in [-0.1, -0.05) is 20.3 Å². The third kappa shape index (κ3) is 4.64. The summed E-state index contributed by atoms with van der Waals surface area (Å²) in [6, 6.07) is 2.25. The number of aromatic nitrogens is 2. The Morgan fingerprint density at radius 2 is 2.09 bits per heavy atom. The highest BCUT2D eigenvalue weighted by molar-refractivity contribution is 5.85. The SMILES string of the molecule is CCCC(C)(N)C(=O)NC1CCN(c2cc(CC)ncn2)CC1. The van der Waals surface area contributed by atoms with Crippen LogP contribution >= 0.6 is 0 Å². The molecule has 1 aromatic rings. The van der Waals surface area contributed by atoms with E-state index in [1.165, 1.54) is 0 Å². The molecule has 1 saturated heterocycles. The first kappa shape index (κ1) is 17.7. The highest BCUT2D eigenvalue weighted by atomic mass is 16.2. The first-order valence-electron chi connectivity index (χ1n) is 8.62. The fourth-order valence-corrected chi connectivity index (χ4v) is 2.99. The lowest BCUT2D eigenvalue weighted by Crippen LogP contribution is -2.55. The van der Waals surface area contributed by atoms with E-state index in [-0.39, 0.29) is 11.9 Å². The zero-order valence-corrected chi connectivity index (χ0v) is 14.5. The summed E-state index contributed by atoms with van der Waals surface area (Å²) >= 11 is 0. The van der Waals surface area contributed by atoms with Crippen LogP contribution in [0.4, 0.5) is 5.82 Å². The van der Waals surface area contributed by atoms with Crippen molar-refractivity contribution in [1.82, 2.24) is 15.3 Å². The summed E-state index contributed by atoms with van der Waals surface area (Å²) in [4.78, 5) is 23.2. The molecule has 128 valence electrons. The summed E-state index contributed by atoms with van der Waals surface area (Å²) in [5.74, 6) is 0.948. The molecule has 1 amide bonds. The van der Waals surface area contributed by atoms with E-state index in [4.69, 9.17) is 5.73 Å². The van der Waals surface area contributed by atoms with Crippen LogP contribution in [0.15, 0.2) is 12.4 Å². The van der Waals surface area contributed by atoms with E-state index < -0.39 is 5.54 Å². The first-order chi connectivity index (χ1) is 11.0. The Kier molecular flexibility index (Phi) is 5.93. The first-order valence-corrected chi connectivity index (χ1v) is 8.62. The van der Waals surface area contributed by atoms with Crippen LogP contribution in [0.2, 0.25) is 0 Å². The van der Waals surface area contributed by atoms with Gasteiger partial charge in [0.25, 0.3) is 0 Å². The van der Waals surface area contributed by atoms with Crippen molar-refractivity contribution in [2.45, 2.75) is 64.5 Å². The van der Waals surface area contributed by atoms with Gasteiger partial charge in [0, 0.05) is 30.9 Å². The molecule has 1 unspecified atom stereocenters. The molecule has 0 saturated carbocycles. The van der Waals surface area contributed by atoms with Gasteiger partial charge in [0.05, 0.1) is 5.54 Å². The molecule has 0 radical (unpaired) electrons. The molecule has 3 N–H and O–H groups in total. The summed E-state index contributed by atoms with van der Waals surface area (Å²) < 4.78 is 0. The van der Waals surface area contributed by atoms with Gasteiger partial charge in [-0.25, -0.2) is 9.97 Å². The number of anilines is 1. The summed E-state index contributed by atoms with van der Waals surface area (Å²) in [6.07, 6.45) is 5.99. The maximum atomic E-state index is 12.3. The Labute approximate surface area is 138 Å². The quantitative estimate of drug-likeness (QED) is 0.833. The van der Waals surface area contributed by atoms with Gasteiger partial charge in [-0.05, 0) is 32.6 Å². The number of aryl methyl sites for hydroxylation is 1. The van der Waals surface area contributed by atoms with Gasteiger partial charge in [-0.2, -0.15) is 0 Å². The second-order valence-corrected chi connectivity index (χ2v) is 6.62. The van der Waals surface area contributed by atoms with E-state index in [2.05, 4.69) is 33.2 Å². The van der Waals surface area contributed by atoms with Crippen LogP contribution in [0.1, 0.15) is 52.1 Å².